The van der Waals surface area contributed by atoms with Crippen molar-refractivity contribution in [1.82, 2.24) is 4.98 Å². The molecule has 1 saturated heterocycles. The van der Waals surface area contributed by atoms with Crippen LogP contribution in [-0.4, -0.2) is 18.1 Å². The summed E-state index contributed by atoms with van der Waals surface area (Å²) < 4.78 is 14.1. The number of anilines is 1. The molecule has 1 aromatic rings. The third-order valence-corrected chi connectivity index (χ3v) is 3.55. The second-order valence-electron chi connectivity index (χ2n) is 5.09. The van der Waals surface area contributed by atoms with Gasteiger partial charge in [0.15, 0.2) is 11.6 Å². The van der Waals surface area contributed by atoms with Crippen molar-refractivity contribution in [3.63, 3.8) is 0 Å². The molecule has 0 amide bonds. The second kappa shape index (κ2) is 5.21. The maximum absolute atomic E-state index is 14.1. The number of alkyl halides is 1. The summed E-state index contributed by atoms with van der Waals surface area (Å²) >= 11 is 5.71. The molecule has 0 saturated carbocycles. The van der Waals surface area contributed by atoms with Crippen molar-refractivity contribution in [2.45, 2.75) is 26.1 Å². The third kappa shape index (κ3) is 2.71. The van der Waals surface area contributed by atoms with Gasteiger partial charge in [0.25, 0.3) is 0 Å². The average molecular weight is 257 g/mol. The lowest BCUT2D eigenvalue weighted by Gasteiger charge is -2.36. The molecule has 0 bridgehead atoms. The van der Waals surface area contributed by atoms with Crippen LogP contribution in [0.2, 0.25) is 0 Å². The summed E-state index contributed by atoms with van der Waals surface area (Å²) in [6, 6.07) is 1.64. The molecule has 1 aliphatic heterocycles. The molecule has 0 aliphatic carbocycles. The van der Waals surface area contributed by atoms with E-state index >= 15 is 0 Å². The Labute approximate surface area is 107 Å². The number of halogens is 2. The molecule has 0 spiro atoms. The standard InChI is InChI=1S/C13H18ClFN2/c1-9-5-10(2)8-17(7-9)13-12(15)11(6-14)3-4-16-13/h3-4,9-10H,5-8H2,1-2H3. The summed E-state index contributed by atoms with van der Waals surface area (Å²) in [5.41, 5.74) is 0.530. The highest BCUT2D eigenvalue weighted by atomic mass is 35.5. The van der Waals surface area contributed by atoms with Crippen molar-refractivity contribution in [2.24, 2.45) is 11.8 Å². The van der Waals surface area contributed by atoms with Crippen LogP contribution in [0.4, 0.5) is 10.2 Å². The van der Waals surface area contributed by atoms with E-state index < -0.39 is 0 Å². The summed E-state index contributed by atoms with van der Waals surface area (Å²) in [6.45, 7) is 6.15. The van der Waals surface area contributed by atoms with Crippen LogP contribution >= 0.6 is 11.6 Å². The minimum absolute atomic E-state index is 0.195. The van der Waals surface area contributed by atoms with Gasteiger partial charge in [-0.2, -0.15) is 0 Å². The Balaban J connectivity index is 2.27. The first kappa shape index (κ1) is 12.6. The fourth-order valence-corrected chi connectivity index (χ4v) is 2.84. The minimum Gasteiger partial charge on any atom is -0.354 e. The molecule has 0 radical (unpaired) electrons. The van der Waals surface area contributed by atoms with E-state index in [1.807, 2.05) is 4.90 Å². The third-order valence-electron chi connectivity index (χ3n) is 3.26. The highest BCUT2D eigenvalue weighted by Crippen LogP contribution is 2.28. The molecule has 2 heterocycles. The van der Waals surface area contributed by atoms with Crippen molar-refractivity contribution in [2.75, 3.05) is 18.0 Å². The number of pyridine rings is 1. The maximum Gasteiger partial charge on any atom is 0.170 e. The molecule has 2 nitrogen and oxygen atoms in total. The van der Waals surface area contributed by atoms with Crippen LogP contribution in [0.5, 0.6) is 0 Å². The molecule has 2 unspecified atom stereocenters. The molecule has 17 heavy (non-hydrogen) atoms. The van der Waals surface area contributed by atoms with Crippen LogP contribution in [0.15, 0.2) is 12.3 Å². The van der Waals surface area contributed by atoms with Crippen molar-refractivity contribution < 1.29 is 4.39 Å². The van der Waals surface area contributed by atoms with Gasteiger partial charge in [0, 0.05) is 24.8 Å². The van der Waals surface area contributed by atoms with Crippen molar-refractivity contribution in [3.05, 3.63) is 23.6 Å². The van der Waals surface area contributed by atoms with Gasteiger partial charge in [0.2, 0.25) is 0 Å². The predicted molar refractivity (Wildman–Crippen MR) is 68.9 cm³/mol. The van der Waals surface area contributed by atoms with Gasteiger partial charge in [0.05, 0.1) is 5.88 Å². The van der Waals surface area contributed by atoms with E-state index in [2.05, 4.69) is 18.8 Å². The van der Waals surface area contributed by atoms with Crippen LogP contribution < -0.4 is 4.90 Å². The summed E-state index contributed by atoms with van der Waals surface area (Å²) in [5, 5.41) is 0. The number of hydrogen-bond donors (Lipinski definition) is 0. The Bertz CT molecular complexity index is 387. The summed E-state index contributed by atoms with van der Waals surface area (Å²) in [7, 11) is 0. The highest BCUT2D eigenvalue weighted by molar-refractivity contribution is 6.17. The van der Waals surface area contributed by atoms with Crippen LogP contribution in [-0.2, 0) is 5.88 Å². The molecule has 0 N–H and O–H groups in total. The average Bonchev–Trinajstić information content (AvgIpc) is 2.28. The topological polar surface area (TPSA) is 16.1 Å². The number of hydrogen-bond acceptors (Lipinski definition) is 2. The molecule has 1 fully saturated rings. The summed E-state index contributed by atoms with van der Waals surface area (Å²) in [4.78, 5) is 6.22. The van der Waals surface area contributed by atoms with Gasteiger partial charge in [-0.25, -0.2) is 9.37 Å². The first-order valence-corrected chi connectivity index (χ1v) is 6.59. The zero-order valence-corrected chi connectivity index (χ0v) is 11.0. The van der Waals surface area contributed by atoms with Crippen molar-refractivity contribution in [3.8, 4) is 0 Å². The fraction of sp³-hybridized carbons (Fsp3) is 0.615. The smallest absolute Gasteiger partial charge is 0.170 e. The molecular formula is C13H18ClFN2. The summed E-state index contributed by atoms with van der Waals surface area (Å²) in [6.07, 6.45) is 2.84. The second-order valence-corrected chi connectivity index (χ2v) is 5.36. The van der Waals surface area contributed by atoms with E-state index in [1.54, 1.807) is 12.3 Å². The molecule has 94 valence electrons. The van der Waals surface area contributed by atoms with Gasteiger partial charge in [-0.05, 0) is 24.3 Å². The van der Waals surface area contributed by atoms with Gasteiger partial charge in [-0.15, -0.1) is 11.6 Å². The Morgan fingerprint density at radius 1 is 1.41 bits per heavy atom. The predicted octanol–water partition coefficient (Wildman–Crippen LogP) is 3.44. The number of nitrogens with zero attached hydrogens (tertiary/aromatic N) is 2. The van der Waals surface area contributed by atoms with Crippen LogP contribution in [0, 0.1) is 17.7 Å². The number of piperidine rings is 1. The van der Waals surface area contributed by atoms with E-state index in [0.717, 1.165) is 13.1 Å². The minimum atomic E-state index is -0.260. The van der Waals surface area contributed by atoms with E-state index in [9.17, 15) is 4.39 Å². The van der Waals surface area contributed by atoms with Crippen LogP contribution in [0.25, 0.3) is 0 Å². The van der Waals surface area contributed by atoms with E-state index in [1.165, 1.54) is 6.42 Å². The Kier molecular flexibility index (Phi) is 3.87. The van der Waals surface area contributed by atoms with Crippen LogP contribution in [0.1, 0.15) is 25.8 Å². The number of rotatable bonds is 2. The Morgan fingerprint density at radius 3 is 2.65 bits per heavy atom. The Hall–Kier alpha value is -0.830. The first-order chi connectivity index (χ1) is 8.11. The maximum atomic E-state index is 14.1. The lowest BCUT2D eigenvalue weighted by Crippen LogP contribution is -2.39. The van der Waals surface area contributed by atoms with Gasteiger partial charge in [0.1, 0.15) is 0 Å². The van der Waals surface area contributed by atoms with Gasteiger partial charge < -0.3 is 4.90 Å². The zero-order chi connectivity index (χ0) is 12.4. The van der Waals surface area contributed by atoms with Crippen molar-refractivity contribution >= 4 is 17.4 Å². The van der Waals surface area contributed by atoms with Gasteiger partial charge >= 0.3 is 0 Å². The normalized spacial score (nSPS) is 25.1. The Morgan fingerprint density at radius 2 is 2.06 bits per heavy atom. The SMILES string of the molecule is CC1CC(C)CN(c2nccc(CCl)c2F)C1. The molecule has 2 rings (SSSR count). The van der Waals surface area contributed by atoms with E-state index in [-0.39, 0.29) is 11.7 Å². The monoisotopic (exact) mass is 256 g/mol. The largest absolute Gasteiger partial charge is 0.354 e. The first-order valence-electron chi connectivity index (χ1n) is 6.06. The molecule has 1 aliphatic rings. The molecule has 2 atom stereocenters. The molecule has 1 aromatic heterocycles. The van der Waals surface area contributed by atoms with Gasteiger partial charge in [-0.3, -0.25) is 0 Å². The zero-order valence-electron chi connectivity index (χ0n) is 10.3. The molecular weight excluding hydrogens is 239 g/mol. The lowest BCUT2D eigenvalue weighted by molar-refractivity contribution is 0.352. The van der Waals surface area contributed by atoms with Crippen LogP contribution in [0.3, 0.4) is 0 Å². The van der Waals surface area contributed by atoms with E-state index in [0.29, 0.717) is 23.2 Å². The summed E-state index contributed by atoms with van der Waals surface area (Å²) in [5.74, 6) is 1.56. The van der Waals surface area contributed by atoms with Crippen molar-refractivity contribution in [1.29, 1.82) is 0 Å². The van der Waals surface area contributed by atoms with Gasteiger partial charge in [-0.1, -0.05) is 13.8 Å². The van der Waals surface area contributed by atoms with E-state index in [4.69, 9.17) is 11.6 Å². The highest BCUT2D eigenvalue weighted by Gasteiger charge is 2.25. The fourth-order valence-electron chi connectivity index (χ4n) is 2.63. The molecule has 4 heteroatoms. The lowest BCUT2D eigenvalue weighted by atomic mass is 9.92. The number of aromatic nitrogens is 1. The molecule has 0 aromatic carbocycles. The quantitative estimate of drug-likeness (QED) is 0.754.